The second kappa shape index (κ2) is 37.3. The smallest absolute Gasteiger partial charge is 0.323 e. The lowest BCUT2D eigenvalue weighted by molar-refractivity contribution is -0.223. The van der Waals surface area contributed by atoms with E-state index in [-0.39, 0.29) is 86.1 Å². The van der Waals surface area contributed by atoms with Gasteiger partial charge in [-0.1, -0.05) is 113 Å². The van der Waals surface area contributed by atoms with Gasteiger partial charge in [-0.25, -0.2) is 31.1 Å². The van der Waals surface area contributed by atoms with Crippen LogP contribution in [0.1, 0.15) is 167 Å². The number of aliphatic carboxylic acids is 3. The summed E-state index contributed by atoms with van der Waals surface area (Å²) in [6.07, 6.45) is 10.4. The van der Waals surface area contributed by atoms with Gasteiger partial charge in [-0.2, -0.15) is 4.98 Å². The Hall–Kier alpha value is -9.27. The number of para-hydroxylation sites is 1. The maximum absolute atomic E-state index is 16.9. The van der Waals surface area contributed by atoms with Gasteiger partial charge in [-0.3, -0.25) is 38.3 Å². The highest BCUT2D eigenvalue weighted by molar-refractivity contribution is 7.90. The Labute approximate surface area is 664 Å². The number of benzene rings is 3. The van der Waals surface area contributed by atoms with Crippen molar-refractivity contribution >= 4 is 90.2 Å². The Bertz CT molecular complexity index is 4900. The number of alkyl halides is 2. The third-order valence-electron chi connectivity index (χ3n) is 23.9. The standard InChI is InChI=1S/C22H28F2O5.C17H18N4O3S.C17H21NO3.C9H13N5O4.C9H17NO2.C6H14N2O2/c1-11-6-13-14-8-16(23)15-7-12(26)4-5-19(15,2)21(14,24)17(27)9-20(13,3)22(11,29)18(28)10-25;1-11(2)25(23,24)21-15-10-13(8-9-14(15)19-17(21)18)16(20-22)12-6-4-3-5-7-12;1-3-11-6-5-7-12-13-8-9-21-17(4-2,10-14(19)20)16(13)18-15(11)12;10-9-12-7-6(8(17)13-9)11-3-14(7)4-18-5(1-15)2-16;10-7-9(6-8(11)12)4-2-1-3-5-9;1-6(8,5(9)10)3-2-4-7/h4-5,7,11,13-14,16-17,25,27,29H,6,8-10H2,1-3H3;3-11,22H,1-2H3,(H2,18,19);5-7,18H,3-4,8-10H2,1-2H3,(H,19,20);3,5,15-16H,1-2,4H2,(H3,10,12,13,17);1-7,10H2,(H,11,12);2-4,7-8H2,1H3,(H,9,10)/b;20-16+;;;;/t11?,13?,14?,16?,17-,19-,20-,21?,22?;;;;;/m0...../s1. The number of anilines is 2. The van der Waals surface area contributed by atoms with E-state index in [1.165, 1.54) is 59.8 Å². The molecule has 8 unspecified atom stereocenters. The molecule has 0 saturated heterocycles. The molecular weight excluding hydrogens is 1520 g/mol. The van der Waals surface area contributed by atoms with Crippen LogP contribution >= 0.6 is 0 Å². The van der Waals surface area contributed by atoms with Crippen molar-refractivity contribution in [1.82, 2.24) is 33.5 Å². The Kier molecular flexibility index (Phi) is 29.6. The fraction of sp³-hybridized carbons (Fsp3) is 0.550. The summed E-state index contributed by atoms with van der Waals surface area (Å²) in [6, 6.07) is 20.4. The number of aryl methyl sites for hydroxylation is 1. The monoisotopic (exact) mass is 1630 g/mol. The molecule has 7 aromatic rings. The van der Waals surface area contributed by atoms with Gasteiger partial charge in [0.2, 0.25) is 21.9 Å². The second-order valence-electron chi connectivity index (χ2n) is 31.4. The molecule has 6 aliphatic rings. The highest BCUT2D eigenvalue weighted by atomic mass is 32.2. The molecule has 5 heterocycles. The minimum atomic E-state index is -3.68. The summed E-state index contributed by atoms with van der Waals surface area (Å²) >= 11 is 0. The van der Waals surface area contributed by atoms with E-state index >= 15 is 8.78 Å². The van der Waals surface area contributed by atoms with Gasteiger partial charge in [0.1, 0.15) is 48.1 Å². The Morgan fingerprint density at radius 3 is 2.15 bits per heavy atom. The number of aromatic nitrogens is 7. The van der Waals surface area contributed by atoms with Gasteiger partial charge in [-0.15, -0.1) is 0 Å². The van der Waals surface area contributed by atoms with Crippen LogP contribution < -0.4 is 34.2 Å². The molecule has 35 heteroatoms. The number of aromatic amines is 2. The number of nitrogens with two attached hydrogens (primary N) is 5. The van der Waals surface area contributed by atoms with Gasteiger partial charge in [0.05, 0.1) is 67.1 Å². The molecular formula is C80H111F2N13O19S. The first-order valence-electron chi connectivity index (χ1n) is 38.5. The number of nitrogen functional groups attached to an aromatic ring is 2. The zero-order valence-corrected chi connectivity index (χ0v) is 66.9. The van der Waals surface area contributed by atoms with Crippen molar-refractivity contribution < 1.29 is 96.7 Å². The van der Waals surface area contributed by atoms with Gasteiger partial charge in [0, 0.05) is 38.8 Å². The van der Waals surface area contributed by atoms with Crippen LogP contribution in [0.15, 0.2) is 107 Å². The van der Waals surface area contributed by atoms with Crippen LogP contribution in [0, 0.1) is 34.0 Å². The van der Waals surface area contributed by atoms with E-state index in [0.29, 0.717) is 66.8 Å². The van der Waals surface area contributed by atoms with Crippen molar-refractivity contribution in [3.8, 4) is 0 Å². The fourth-order valence-electron chi connectivity index (χ4n) is 17.4. The number of carbonyl (C=O) groups is 5. The number of imidazole rings is 2. The van der Waals surface area contributed by atoms with E-state index in [1.54, 1.807) is 58.0 Å². The first-order valence-corrected chi connectivity index (χ1v) is 40.0. The number of H-pyrrole nitrogens is 2. The summed E-state index contributed by atoms with van der Waals surface area (Å²) in [4.78, 5) is 85.8. The number of carboxylic acids is 3. The maximum atomic E-state index is 16.9. The first kappa shape index (κ1) is 91.3. The summed E-state index contributed by atoms with van der Waals surface area (Å²) in [6.45, 7) is 13.7. The van der Waals surface area contributed by atoms with E-state index in [1.807, 2.05) is 25.1 Å². The lowest BCUT2D eigenvalue weighted by Gasteiger charge is -2.63. The summed E-state index contributed by atoms with van der Waals surface area (Å²) in [5, 5.41) is 89.5. The van der Waals surface area contributed by atoms with Crippen molar-refractivity contribution in [1.29, 1.82) is 0 Å². The number of allylic oxidation sites excluding steroid dienone is 4. The Morgan fingerprint density at radius 2 is 1.57 bits per heavy atom. The number of Topliss-reactive ketones (excluding diaryl/α,β-unsaturated/α-hetero) is 1. The van der Waals surface area contributed by atoms with Gasteiger partial charge in [0.25, 0.3) is 5.56 Å². The number of nitrogens with one attached hydrogen (secondary N) is 2. The molecule has 13 rings (SSSR count). The van der Waals surface area contributed by atoms with Gasteiger partial charge in [0.15, 0.2) is 28.4 Å². The number of aliphatic hydroxyl groups excluding tert-OH is 4. The number of hydrogen-bond acceptors (Lipinski definition) is 25. The molecule has 4 saturated carbocycles. The number of nitrogens with zero attached hydrogens (tertiary/aromatic N) is 6. The van der Waals surface area contributed by atoms with Crippen LogP contribution in [0.25, 0.3) is 33.1 Å². The zero-order chi connectivity index (χ0) is 85.1. The number of carbonyl (C=O) groups excluding carboxylic acids is 2. The largest absolute Gasteiger partial charge is 0.481 e. The molecule has 630 valence electrons. The number of fused-ring (bicyclic) bond motifs is 10. The van der Waals surface area contributed by atoms with Crippen molar-refractivity contribution in [2.45, 2.75) is 204 Å². The predicted molar refractivity (Wildman–Crippen MR) is 426 cm³/mol. The van der Waals surface area contributed by atoms with Crippen LogP contribution in [0.3, 0.4) is 0 Å². The molecule has 0 spiro atoms. The minimum Gasteiger partial charge on any atom is -0.481 e. The number of hydrogen-bond donors (Lipinski definition) is 16. The van der Waals surface area contributed by atoms with E-state index in [2.05, 4.69) is 55.2 Å². The number of ketones is 2. The summed E-state index contributed by atoms with van der Waals surface area (Å²) in [5.74, 6) is -5.85. The molecule has 21 N–H and O–H groups in total. The third kappa shape index (κ3) is 18.5. The van der Waals surface area contributed by atoms with Gasteiger partial charge in [-0.05, 0) is 163 Å². The molecule has 11 atom stereocenters. The molecule has 32 nitrogen and oxygen atoms in total. The van der Waals surface area contributed by atoms with Crippen LogP contribution in [0.4, 0.5) is 20.7 Å². The lowest BCUT2D eigenvalue weighted by Crippen LogP contribution is -2.70. The number of oxime groups is 1. The summed E-state index contributed by atoms with van der Waals surface area (Å²) in [7, 11) is -3.68. The molecule has 0 bridgehead atoms. The number of rotatable bonds is 22. The summed E-state index contributed by atoms with van der Waals surface area (Å²) < 4.78 is 71.0. The average Bonchev–Trinajstić information content (AvgIpc) is 1.56. The molecule has 0 radical (unpaired) electrons. The quantitative estimate of drug-likeness (QED) is 0.0193. The van der Waals surface area contributed by atoms with E-state index < -0.39 is 126 Å². The topological polar surface area (TPSA) is 560 Å². The minimum absolute atomic E-state index is 0.00181. The molecule has 4 aromatic heterocycles. The van der Waals surface area contributed by atoms with Crippen molar-refractivity contribution in [2.24, 2.45) is 56.4 Å². The molecule has 4 fully saturated rings. The third-order valence-corrected chi connectivity index (χ3v) is 26.0. The highest BCUT2D eigenvalue weighted by Crippen LogP contribution is 2.71. The highest BCUT2D eigenvalue weighted by Gasteiger charge is 2.76. The molecule has 5 aliphatic carbocycles. The number of aliphatic hydroxyl groups is 5. The molecule has 115 heavy (non-hydrogen) atoms. The van der Waals surface area contributed by atoms with Gasteiger partial charge < -0.3 is 89.2 Å². The summed E-state index contributed by atoms with van der Waals surface area (Å²) in [5.41, 5.74) is 25.8. The van der Waals surface area contributed by atoms with E-state index in [4.69, 9.17) is 58.6 Å². The Morgan fingerprint density at radius 1 is 0.896 bits per heavy atom. The predicted octanol–water partition coefficient (Wildman–Crippen LogP) is 6.58. The van der Waals surface area contributed by atoms with Crippen molar-refractivity contribution in [3.05, 3.63) is 135 Å². The SMILES string of the molecule is CC(C)S(=O)(=O)n1c(N)nc2ccc(/C(=N/O)c3ccccc3)cc21.CC(N)(CCCN)C(=O)O.CC1CC2C3CC(F)C4=CC(=O)C=C[C@]4(C)C3(F)[C@@H](O)C[C@]2(C)C1(O)C(=O)CO.CCc1cccc2c3c([nH]c12)C(CC)(CC(=O)O)OCC3.NCC1(CC(=O)O)CCCCC1.Nc1nc2c(ncn2COC(CO)CO)c(=O)[nH]1. The molecule has 0 amide bonds. The number of carboxylic acid groups (broad SMARTS) is 3. The van der Waals surface area contributed by atoms with Crippen molar-refractivity contribution in [2.75, 3.05) is 51.0 Å². The lowest BCUT2D eigenvalue weighted by atomic mass is 9.44. The second-order valence-corrected chi connectivity index (χ2v) is 33.8. The van der Waals surface area contributed by atoms with E-state index in [0.717, 1.165) is 59.8 Å². The first-order chi connectivity index (χ1) is 54.2. The number of ether oxygens (including phenoxy) is 2. The van der Waals surface area contributed by atoms with E-state index in [9.17, 15) is 62.8 Å². The van der Waals surface area contributed by atoms with Crippen LogP contribution in [0.5, 0.6) is 0 Å². The maximum Gasteiger partial charge on any atom is 0.323 e. The molecule has 1 aliphatic heterocycles. The normalized spacial score (nSPS) is 25.8. The van der Waals surface area contributed by atoms with Crippen molar-refractivity contribution in [3.63, 3.8) is 0 Å². The average molecular weight is 1630 g/mol. The number of halogens is 2. The fourth-order valence-corrected chi connectivity index (χ4v) is 18.5. The van der Waals surface area contributed by atoms with Crippen LogP contribution in [-0.2, 0) is 68.6 Å². The van der Waals surface area contributed by atoms with Crippen LogP contribution in [-0.4, -0.2) is 203 Å². The van der Waals surface area contributed by atoms with Gasteiger partial charge >= 0.3 is 17.9 Å². The zero-order valence-electron chi connectivity index (χ0n) is 66.1. The van der Waals surface area contributed by atoms with Crippen LogP contribution in [0.2, 0.25) is 0 Å². The molecule has 3 aromatic carbocycles. The Balaban J connectivity index is 0.000000178.